The van der Waals surface area contributed by atoms with Gasteiger partial charge in [-0.2, -0.15) is 0 Å². The number of rotatable bonds is 9. The molecule has 1 aliphatic heterocycles. The number of esters is 1. The molecule has 0 bridgehead atoms. The van der Waals surface area contributed by atoms with E-state index in [0.29, 0.717) is 34.0 Å². The Morgan fingerprint density at radius 2 is 1.86 bits per heavy atom. The zero-order chi connectivity index (χ0) is 35.5. The highest BCUT2D eigenvalue weighted by atomic mass is 127. The van der Waals surface area contributed by atoms with Gasteiger partial charge in [-0.05, 0) is 109 Å². The molecule has 3 aliphatic carbocycles. The average molecular weight is 787 g/mol. The fourth-order valence-corrected chi connectivity index (χ4v) is 10.1. The highest BCUT2D eigenvalue weighted by molar-refractivity contribution is 14.1. The summed E-state index contributed by atoms with van der Waals surface area (Å²) in [6.07, 6.45) is 2.95. The van der Waals surface area contributed by atoms with E-state index >= 15 is 0 Å². The van der Waals surface area contributed by atoms with Crippen LogP contribution in [0.15, 0.2) is 66.3 Å². The predicted molar refractivity (Wildman–Crippen MR) is 191 cm³/mol. The van der Waals surface area contributed by atoms with Crippen LogP contribution in [-0.2, 0) is 41.4 Å². The van der Waals surface area contributed by atoms with Gasteiger partial charge in [-0.1, -0.05) is 49.9 Å². The molecule has 2 aromatic rings. The van der Waals surface area contributed by atoms with E-state index in [1.54, 1.807) is 26.2 Å². The first-order valence-corrected chi connectivity index (χ1v) is 18.0. The Balaban J connectivity index is 1.35. The van der Waals surface area contributed by atoms with Gasteiger partial charge >= 0.3 is 5.97 Å². The number of phenolic OH excluding ortho intramolecular Hbond substituents is 1. The minimum absolute atomic E-state index is 0.00783. The normalized spacial score (nSPS) is 36.6. The number of hydrogen-bond donors (Lipinski definition) is 2. The van der Waals surface area contributed by atoms with Crippen molar-refractivity contribution in [2.24, 2.45) is 23.7 Å². The number of hydrogen-bond acceptors (Lipinski definition) is 9. The van der Waals surface area contributed by atoms with Gasteiger partial charge in [0.05, 0.1) is 35.4 Å². The number of ketones is 1. The summed E-state index contributed by atoms with van der Waals surface area (Å²) < 4.78 is 32.4. The molecule has 49 heavy (non-hydrogen) atoms. The third kappa shape index (κ3) is 5.95. The number of halogens is 1. The van der Waals surface area contributed by atoms with E-state index in [1.165, 1.54) is 7.11 Å². The van der Waals surface area contributed by atoms with Gasteiger partial charge in [0.2, 0.25) is 0 Å². The lowest BCUT2D eigenvalue weighted by atomic mass is 9.54. The Morgan fingerprint density at radius 1 is 1.14 bits per heavy atom. The van der Waals surface area contributed by atoms with E-state index in [9.17, 15) is 19.8 Å². The van der Waals surface area contributed by atoms with E-state index in [2.05, 4.69) is 25.6 Å². The number of carbonyl (C=O) groups is 2. The predicted octanol–water partition coefficient (Wildman–Crippen LogP) is 6.11. The second-order valence-electron chi connectivity index (χ2n) is 14.8. The monoisotopic (exact) mass is 786 g/mol. The first-order chi connectivity index (χ1) is 23.1. The van der Waals surface area contributed by atoms with Crippen molar-refractivity contribution in [1.29, 1.82) is 0 Å². The van der Waals surface area contributed by atoms with Crippen LogP contribution < -0.4 is 4.74 Å². The van der Waals surface area contributed by atoms with E-state index in [0.717, 1.165) is 11.1 Å². The number of methoxy groups -OCH3 is 2. The van der Waals surface area contributed by atoms with Gasteiger partial charge in [0.15, 0.2) is 23.1 Å². The summed E-state index contributed by atoms with van der Waals surface area (Å²) in [5.41, 5.74) is -0.501. The smallest absolute Gasteiger partial charge is 0.310 e. The molecule has 2 saturated carbocycles. The van der Waals surface area contributed by atoms with E-state index in [1.807, 2.05) is 60.7 Å². The largest absolute Gasteiger partial charge is 0.504 e. The van der Waals surface area contributed by atoms with Crippen molar-refractivity contribution in [2.75, 3.05) is 20.8 Å². The molecule has 9 atom stereocenters. The minimum Gasteiger partial charge on any atom is -0.504 e. The summed E-state index contributed by atoms with van der Waals surface area (Å²) in [7, 11) is 3.12. The summed E-state index contributed by atoms with van der Waals surface area (Å²) in [6.45, 7) is 12.2. The molecule has 4 aliphatic rings. The first kappa shape index (κ1) is 36.0. The van der Waals surface area contributed by atoms with Crippen molar-refractivity contribution >= 4 is 34.3 Å². The summed E-state index contributed by atoms with van der Waals surface area (Å²) >= 11 is 1.99. The van der Waals surface area contributed by atoms with Crippen LogP contribution in [0.25, 0.3) is 0 Å². The number of carbonyl (C=O) groups excluding carboxylic acids is 2. The van der Waals surface area contributed by atoms with Crippen LogP contribution in [0, 0.1) is 27.2 Å². The molecule has 2 aromatic carbocycles. The maximum Gasteiger partial charge on any atom is 0.310 e. The van der Waals surface area contributed by atoms with Crippen molar-refractivity contribution < 1.29 is 43.5 Å². The van der Waals surface area contributed by atoms with E-state index in [-0.39, 0.29) is 48.6 Å². The minimum atomic E-state index is -1.74. The van der Waals surface area contributed by atoms with Crippen LogP contribution in [0.3, 0.4) is 0 Å². The summed E-state index contributed by atoms with van der Waals surface area (Å²) in [5, 5.41) is 22.7. The second-order valence-corrected chi connectivity index (χ2v) is 15.9. The summed E-state index contributed by atoms with van der Waals surface area (Å²) in [5.74, 6) is -3.03. The third-order valence-corrected chi connectivity index (χ3v) is 12.3. The lowest BCUT2D eigenvalue weighted by molar-refractivity contribution is -0.220. The molecule has 3 fully saturated rings. The Bertz CT molecular complexity index is 1670. The van der Waals surface area contributed by atoms with Gasteiger partial charge < -0.3 is 33.9 Å². The lowest BCUT2D eigenvalue weighted by Crippen LogP contribution is -2.68. The molecule has 264 valence electrons. The number of Topliss-reactive ketones (excluding diaryl/α,β-unsaturated/α-hetero) is 1. The second kappa shape index (κ2) is 13.1. The lowest BCUT2D eigenvalue weighted by Gasteiger charge is -2.58. The average Bonchev–Trinajstić information content (AvgIpc) is 3.43. The number of benzene rings is 2. The topological polar surface area (TPSA) is 121 Å². The molecule has 0 radical (unpaired) electrons. The molecule has 0 aromatic heterocycles. The Hall–Kier alpha value is -2.77. The van der Waals surface area contributed by atoms with Crippen LogP contribution in [0.5, 0.6) is 11.5 Å². The molecule has 10 heteroatoms. The zero-order valence-corrected chi connectivity index (χ0v) is 31.2. The van der Waals surface area contributed by atoms with Gasteiger partial charge in [-0.15, -0.1) is 0 Å². The van der Waals surface area contributed by atoms with Crippen molar-refractivity contribution in [2.45, 2.75) is 88.5 Å². The number of phenols is 1. The molecular formula is C39H47IO9. The first-order valence-electron chi connectivity index (χ1n) is 16.9. The van der Waals surface area contributed by atoms with Crippen molar-refractivity contribution in [1.82, 2.24) is 0 Å². The SMILES string of the molecule is C=C(C)[C@]12C[C@@H](C)[C@@]3(OC)C(CC(COC(=O)Cc4cc(I)c(O)c(OC)c4)C[C@]4(O)C(=O)C(C)=C[C@@H]34)[C@H]1O[C@](C)(Cc1ccccc1)O2. The van der Waals surface area contributed by atoms with E-state index in [4.69, 9.17) is 23.7 Å². The Morgan fingerprint density at radius 3 is 2.51 bits per heavy atom. The Labute approximate surface area is 302 Å². The summed E-state index contributed by atoms with van der Waals surface area (Å²) in [6, 6.07) is 13.4. The zero-order valence-electron chi connectivity index (χ0n) is 29.1. The van der Waals surface area contributed by atoms with Crippen molar-refractivity contribution in [3.05, 3.63) is 81.0 Å². The quantitative estimate of drug-likeness (QED) is 0.176. The van der Waals surface area contributed by atoms with E-state index < -0.39 is 46.5 Å². The molecule has 1 heterocycles. The molecule has 9 nitrogen and oxygen atoms in total. The molecule has 2 unspecified atom stereocenters. The van der Waals surface area contributed by atoms with Crippen LogP contribution in [0.2, 0.25) is 0 Å². The number of aliphatic hydroxyl groups is 1. The van der Waals surface area contributed by atoms with Crippen LogP contribution in [0.1, 0.15) is 58.1 Å². The van der Waals surface area contributed by atoms with Gasteiger partial charge in [0.25, 0.3) is 0 Å². The fourth-order valence-electron chi connectivity index (χ4n) is 9.48. The molecule has 2 N–H and O–H groups in total. The summed E-state index contributed by atoms with van der Waals surface area (Å²) in [4.78, 5) is 27.1. The molecule has 6 rings (SSSR count). The Kier molecular flexibility index (Phi) is 9.62. The maximum atomic E-state index is 13.8. The fraction of sp³-hybridized carbons (Fsp3) is 0.538. The van der Waals surface area contributed by atoms with Crippen LogP contribution in [-0.4, -0.2) is 71.5 Å². The molecule has 0 amide bonds. The highest BCUT2D eigenvalue weighted by Crippen LogP contribution is 2.64. The van der Waals surface area contributed by atoms with Gasteiger partial charge in [0.1, 0.15) is 11.2 Å². The molecule has 1 saturated heterocycles. The number of fused-ring (bicyclic) bond motifs is 5. The molecular weight excluding hydrogens is 739 g/mol. The van der Waals surface area contributed by atoms with Crippen LogP contribution in [0.4, 0.5) is 0 Å². The molecule has 0 spiro atoms. The van der Waals surface area contributed by atoms with Crippen LogP contribution >= 0.6 is 22.6 Å². The van der Waals surface area contributed by atoms with Gasteiger partial charge in [-0.25, -0.2) is 0 Å². The number of aromatic hydroxyl groups is 1. The van der Waals surface area contributed by atoms with Crippen molar-refractivity contribution in [3.8, 4) is 11.5 Å². The number of ether oxygens (including phenoxy) is 5. The van der Waals surface area contributed by atoms with Crippen molar-refractivity contribution in [3.63, 3.8) is 0 Å². The highest BCUT2D eigenvalue weighted by Gasteiger charge is 2.73. The third-order valence-electron chi connectivity index (χ3n) is 11.5. The van der Waals surface area contributed by atoms with Gasteiger partial charge in [0, 0.05) is 25.4 Å². The van der Waals surface area contributed by atoms with Gasteiger partial charge in [-0.3, -0.25) is 9.59 Å². The maximum absolute atomic E-state index is 13.8. The standard InChI is InChI=1S/C39H47IO9/c1-22(2)38-18-24(4)39(46-7)28(35(38)48-36(5,49-38)19-25-11-9-8-10-12-25)14-27(20-37(44)31(39)13-23(3)34(37)43)21-47-32(41)17-26-15-29(40)33(42)30(16-26)45-6/h8-13,15-16,24,27-28,31,35,42,44H,1,14,17-21H2,2-7H3/t24-,27?,28?,31-,35-,36+,37-,38-,39-/m1/s1.